The summed E-state index contributed by atoms with van der Waals surface area (Å²) in [7, 11) is 1.47. The van der Waals surface area contributed by atoms with Crippen molar-refractivity contribution < 1.29 is 29.6 Å². The fourth-order valence-electron chi connectivity index (χ4n) is 3.56. The van der Waals surface area contributed by atoms with Gasteiger partial charge in [0.05, 0.1) is 31.5 Å². The molecule has 0 atom stereocenters. The lowest BCUT2D eigenvalue weighted by atomic mass is 9.88. The number of rotatable bonds is 6. The minimum Gasteiger partial charge on any atom is -0.495 e. The molecule has 3 aromatic rings. The molecule has 4 N–H and O–H groups in total. The van der Waals surface area contributed by atoms with Crippen molar-refractivity contribution in [2.75, 3.05) is 19.0 Å². The number of Topliss-reactive ketones (excluding diaryl/α,β-unsaturated/α-hetero) is 1. The quantitative estimate of drug-likeness (QED) is 0.429. The second-order valence-electron chi connectivity index (χ2n) is 7.18. The normalized spacial score (nSPS) is 14.1. The summed E-state index contributed by atoms with van der Waals surface area (Å²) in [6.07, 6.45) is 1.48. The van der Waals surface area contributed by atoms with Crippen molar-refractivity contribution in [1.82, 2.24) is 4.57 Å². The maximum absolute atomic E-state index is 13.3. The van der Waals surface area contributed by atoms with Gasteiger partial charge in [-0.3, -0.25) is 14.2 Å². The van der Waals surface area contributed by atoms with E-state index in [-0.39, 0.29) is 36.0 Å². The van der Waals surface area contributed by atoms with E-state index in [9.17, 15) is 19.8 Å². The summed E-state index contributed by atoms with van der Waals surface area (Å²) >= 11 is 0. The molecule has 1 aliphatic rings. The molecule has 1 amide bonds. The molecular formula is C24H21N3O6. The highest BCUT2D eigenvalue weighted by molar-refractivity contribution is 6.59. The van der Waals surface area contributed by atoms with Crippen LogP contribution in [0.1, 0.15) is 11.1 Å². The Balaban J connectivity index is 1.76. The van der Waals surface area contributed by atoms with Crippen LogP contribution >= 0.6 is 0 Å². The van der Waals surface area contributed by atoms with Crippen LogP contribution in [-0.2, 0) is 16.1 Å². The number of carbonyl (C=O) groups excluding carboxylic acids is 2. The zero-order chi connectivity index (χ0) is 23.5. The lowest BCUT2D eigenvalue weighted by molar-refractivity contribution is -0.116. The first kappa shape index (κ1) is 21.8. The molecule has 0 bridgehead atoms. The molecule has 2 aromatic carbocycles. The molecule has 9 heteroatoms. The van der Waals surface area contributed by atoms with E-state index in [1.807, 2.05) is 0 Å². The Bertz CT molecular complexity index is 1310. The fraction of sp³-hybridized carbons (Fsp3) is 0.125. The van der Waals surface area contributed by atoms with Gasteiger partial charge >= 0.3 is 0 Å². The molecule has 0 saturated carbocycles. The van der Waals surface area contributed by atoms with Crippen LogP contribution in [0.25, 0.3) is 6.08 Å². The number of ether oxygens (including phenoxy) is 1. The van der Waals surface area contributed by atoms with Gasteiger partial charge in [-0.1, -0.05) is 36.4 Å². The molecular weight excluding hydrogens is 426 g/mol. The van der Waals surface area contributed by atoms with E-state index in [4.69, 9.17) is 9.84 Å². The molecule has 168 valence electrons. The van der Waals surface area contributed by atoms with E-state index in [0.717, 1.165) is 4.57 Å². The Morgan fingerprint density at radius 3 is 2.61 bits per heavy atom. The third kappa shape index (κ3) is 4.09. The zero-order valence-electron chi connectivity index (χ0n) is 17.6. The summed E-state index contributed by atoms with van der Waals surface area (Å²) in [5, 5.41) is 32.3. The monoisotopic (exact) mass is 447 g/mol. The van der Waals surface area contributed by atoms with Crippen molar-refractivity contribution >= 4 is 34.9 Å². The van der Waals surface area contributed by atoms with Crippen LogP contribution in [-0.4, -0.2) is 51.0 Å². The number of para-hydroxylation sites is 2. The minimum atomic E-state index is -0.644. The topological polar surface area (TPSA) is 133 Å². The number of hydrogen-bond donors (Lipinski definition) is 4. The maximum Gasteiger partial charge on any atom is 0.259 e. The molecule has 0 aliphatic heterocycles. The highest BCUT2D eigenvalue weighted by atomic mass is 16.5. The predicted molar refractivity (Wildman–Crippen MR) is 122 cm³/mol. The average molecular weight is 447 g/mol. The van der Waals surface area contributed by atoms with Gasteiger partial charge in [0.2, 0.25) is 11.7 Å². The number of aliphatic imine (C=N–C) groups is 1. The van der Waals surface area contributed by atoms with E-state index >= 15 is 0 Å². The highest BCUT2D eigenvalue weighted by Crippen LogP contribution is 2.36. The molecule has 0 fully saturated rings. The molecule has 1 heterocycles. The van der Waals surface area contributed by atoms with Crippen molar-refractivity contribution in [3.05, 3.63) is 71.3 Å². The van der Waals surface area contributed by atoms with Crippen LogP contribution in [0.15, 0.2) is 65.2 Å². The number of aromatic nitrogens is 1. The van der Waals surface area contributed by atoms with Crippen molar-refractivity contribution in [2.45, 2.75) is 6.54 Å². The average Bonchev–Trinajstić information content (AvgIpc) is 3.08. The number of aromatic hydroxyl groups is 2. The molecule has 0 saturated heterocycles. The number of fused-ring (bicyclic) bond motifs is 1. The smallest absolute Gasteiger partial charge is 0.259 e. The van der Waals surface area contributed by atoms with Crippen molar-refractivity contribution in [3.63, 3.8) is 0 Å². The van der Waals surface area contributed by atoms with E-state index < -0.39 is 17.6 Å². The molecule has 9 nitrogen and oxygen atoms in total. The van der Waals surface area contributed by atoms with Gasteiger partial charge < -0.3 is 25.4 Å². The Hall–Kier alpha value is -4.37. The van der Waals surface area contributed by atoms with E-state index in [2.05, 4.69) is 10.3 Å². The first-order valence-electron chi connectivity index (χ1n) is 10.1. The second kappa shape index (κ2) is 9.01. The number of nitrogens with zero attached hydrogens (tertiary/aromatic N) is 2. The van der Waals surface area contributed by atoms with Crippen LogP contribution in [0, 0.1) is 0 Å². The number of ketones is 1. The fourth-order valence-corrected chi connectivity index (χ4v) is 3.56. The molecule has 0 radical (unpaired) electrons. The third-order valence-electron chi connectivity index (χ3n) is 5.16. The largest absolute Gasteiger partial charge is 0.495 e. The van der Waals surface area contributed by atoms with Gasteiger partial charge in [-0.05, 0) is 23.8 Å². The molecule has 0 unspecified atom stereocenters. The lowest BCUT2D eigenvalue weighted by Crippen LogP contribution is -2.29. The number of carbonyl (C=O) groups is 2. The Labute approximate surface area is 188 Å². The number of amides is 1. The summed E-state index contributed by atoms with van der Waals surface area (Å²) in [5.74, 6) is -1.57. The summed E-state index contributed by atoms with van der Waals surface area (Å²) in [5.41, 5.74) is 1.21. The van der Waals surface area contributed by atoms with Crippen LogP contribution in [0.2, 0.25) is 0 Å². The number of methoxy groups -OCH3 is 1. The summed E-state index contributed by atoms with van der Waals surface area (Å²) in [4.78, 5) is 30.6. The Morgan fingerprint density at radius 2 is 1.85 bits per heavy atom. The predicted octanol–water partition coefficient (Wildman–Crippen LogP) is 2.63. The first-order valence-corrected chi connectivity index (χ1v) is 10.1. The summed E-state index contributed by atoms with van der Waals surface area (Å²) in [6.45, 7) is -0.372. The molecule has 1 aliphatic carbocycles. The Morgan fingerprint density at radius 1 is 1.12 bits per heavy atom. The van der Waals surface area contributed by atoms with Gasteiger partial charge in [0.25, 0.3) is 5.91 Å². The highest BCUT2D eigenvalue weighted by Gasteiger charge is 2.31. The maximum atomic E-state index is 13.3. The number of aliphatic hydroxyl groups excluding tert-OH is 1. The van der Waals surface area contributed by atoms with Gasteiger partial charge in [0, 0.05) is 11.6 Å². The van der Waals surface area contributed by atoms with Crippen LogP contribution in [0.5, 0.6) is 17.5 Å². The van der Waals surface area contributed by atoms with Crippen molar-refractivity contribution in [3.8, 4) is 17.5 Å². The van der Waals surface area contributed by atoms with E-state index in [1.165, 1.54) is 19.3 Å². The number of hydrogen-bond acceptors (Lipinski definition) is 7. The minimum absolute atomic E-state index is 0.0560. The number of anilines is 1. The van der Waals surface area contributed by atoms with Crippen LogP contribution in [0.3, 0.4) is 0 Å². The molecule has 4 rings (SSSR count). The van der Waals surface area contributed by atoms with E-state index in [0.29, 0.717) is 22.6 Å². The molecule has 0 spiro atoms. The Kier molecular flexibility index (Phi) is 5.97. The van der Waals surface area contributed by atoms with Crippen LogP contribution < -0.4 is 10.1 Å². The lowest BCUT2D eigenvalue weighted by Gasteiger charge is -2.18. The standard InChI is InChI=1S/C24H21N3O6/c1-33-19-9-5-4-8-17(19)26-23(31)16-12-14-6-2-3-7-15(14)21(22(16)30)25-18-13-20(29)27(10-11-28)24(18)32/h2-9,12-13,28-29,32H,10-11H2,1H3,(H,26,31). The SMILES string of the molecule is COc1ccccc1NC(=O)C1=Cc2ccccc2C(=Nc2cc(O)n(CCO)c2O)C1=O. The number of nitrogens with one attached hydrogen (secondary N) is 1. The van der Waals surface area contributed by atoms with Crippen LogP contribution in [0.4, 0.5) is 11.4 Å². The summed E-state index contributed by atoms with van der Waals surface area (Å²) < 4.78 is 6.31. The third-order valence-corrected chi connectivity index (χ3v) is 5.16. The van der Waals surface area contributed by atoms with Gasteiger partial charge in [-0.15, -0.1) is 0 Å². The first-order chi connectivity index (χ1) is 15.9. The zero-order valence-corrected chi connectivity index (χ0v) is 17.6. The van der Waals surface area contributed by atoms with Gasteiger partial charge in [0.1, 0.15) is 17.1 Å². The van der Waals surface area contributed by atoms with Crippen molar-refractivity contribution in [1.29, 1.82) is 0 Å². The summed E-state index contributed by atoms with van der Waals surface area (Å²) in [6, 6.07) is 14.9. The number of benzene rings is 2. The van der Waals surface area contributed by atoms with Gasteiger partial charge in [-0.2, -0.15) is 0 Å². The van der Waals surface area contributed by atoms with Gasteiger partial charge in [-0.25, -0.2) is 4.99 Å². The molecule has 33 heavy (non-hydrogen) atoms. The molecule has 1 aromatic heterocycles. The second-order valence-corrected chi connectivity index (χ2v) is 7.18. The van der Waals surface area contributed by atoms with E-state index in [1.54, 1.807) is 48.5 Å². The van der Waals surface area contributed by atoms with Gasteiger partial charge in [0.15, 0.2) is 5.88 Å². The van der Waals surface area contributed by atoms with Crippen molar-refractivity contribution in [2.24, 2.45) is 4.99 Å². The number of aliphatic hydroxyl groups is 1.